The van der Waals surface area contributed by atoms with E-state index in [0.717, 1.165) is 33.5 Å². The number of anilines is 3. The molecule has 0 saturated carbocycles. The molecule has 174 valence electrons. The van der Waals surface area contributed by atoms with Gasteiger partial charge >= 0.3 is 6.18 Å². The zero-order valence-electron chi connectivity index (χ0n) is 17.8. The number of aromatic amines is 1. The molecule has 0 atom stereocenters. The van der Waals surface area contributed by atoms with Gasteiger partial charge in [-0.15, -0.1) is 0 Å². The van der Waals surface area contributed by atoms with Gasteiger partial charge in [-0.3, -0.25) is 0 Å². The zero-order valence-corrected chi connectivity index (χ0v) is 19.4. The number of aryl methyl sites for hydroxylation is 2. The standard InChI is InChI=1S/C23H17ClF3N5OS/c1-10-7-17(11(2)20-18(10)31-21(28)34-20)33-14-5-3-13(4-6-14)29-22-30-16-9-12(23(25,26)27)8-15(24)19(16)32-22/h3-9H,1-2H3,(H2,28,31)(H2,29,30,32). The third-order valence-electron chi connectivity index (χ3n) is 5.29. The fourth-order valence-electron chi connectivity index (χ4n) is 3.62. The highest BCUT2D eigenvalue weighted by molar-refractivity contribution is 7.22. The number of imidazole rings is 1. The summed E-state index contributed by atoms with van der Waals surface area (Å²) in [6.07, 6.45) is -4.50. The van der Waals surface area contributed by atoms with Gasteiger partial charge < -0.3 is 20.8 Å². The molecule has 0 unspecified atom stereocenters. The van der Waals surface area contributed by atoms with E-state index in [0.29, 0.717) is 22.3 Å². The lowest BCUT2D eigenvalue weighted by molar-refractivity contribution is -0.137. The van der Waals surface area contributed by atoms with Crippen molar-refractivity contribution in [3.8, 4) is 11.5 Å². The Balaban J connectivity index is 1.37. The first kappa shape index (κ1) is 22.3. The van der Waals surface area contributed by atoms with E-state index in [9.17, 15) is 13.2 Å². The first-order valence-electron chi connectivity index (χ1n) is 10.1. The summed E-state index contributed by atoms with van der Waals surface area (Å²) in [5.41, 5.74) is 8.93. The lowest BCUT2D eigenvalue weighted by Crippen LogP contribution is -2.04. The Morgan fingerprint density at radius 2 is 1.79 bits per heavy atom. The predicted octanol–water partition coefficient (Wildman–Crippen LogP) is 7.58. The normalized spacial score (nSPS) is 11.9. The molecule has 11 heteroatoms. The number of H-pyrrole nitrogens is 1. The summed E-state index contributed by atoms with van der Waals surface area (Å²) in [5.74, 6) is 1.60. The minimum Gasteiger partial charge on any atom is -0.457 e. The second-order valence-corrected chi connectivity index (χ2v) is 9.17. The first-order valence-corrected chi connectivity index (χ1v) is 11.3. The lowest BCUT2D eigenvalue weighted by Gasteiger charge is -2.11. The largest absolute Gasteiger partial charge is 0.457 e. The summed E-state index contributed by atoms with van der Waals surface area (Å²) in [4.78, 5) is 11.5. The van der Waals surface area contributed by atoms with Crippen LogP contribution in [0.3, 0.4) is 0 Å². The summed E-state index contributed by atoms with van der Waals surface area (Å²) < 4.78 is 46.2. The highest BCUT2D eigenvalue weighted by Gasteiger charge is 2.31. The molecular weight excluding hydrogens is 487 g/mol. The number of halogens is 4. The van der Waals surface area contributed by atoms with Crippen molar-refractivity contribution in [3.63, 3.8) is 0 Å². The van der Waals surface area contributed by atoms with Gasteiger partial charge in [-0.1, -0.05) is 22.9 Å². The van der Waals surface area contributed by atoms with Crippen LogP contribution in [0.4, 0.5) is 29.9 Å². The number of hydrogen-bond donors (Lipinski definition) is 3. The molecule has 0 fully saturated rings. The Labute approximate surface area is 200 Å². The van der Waals surface area contributed by atoms with Crippen LogP contribution in [0.25, 0.3) is 21.3 Å². The van der Waals surface area contributed by atoms with E-state index in [1.807, 2.05) is 19.9 Å². The highest BCUT2D eigenvalue weighted by atomic mass is 35.5. The van der Waals surface area contributed by atoms with Crippen LogP contribution in [-0.4, -0.2) is 15.0 Å². The molecule has 34 heavy (non-hydrogen) atoms. The highest BCUT2D eigenvalue weighted by Crippen LogP contribution is 2.38. The van der Waals surface area contributed by atoms with Gasteiger partial charge in [0.25, 0.3) is 0 Å². The maximum Gasteiger partial charge on any atom is 0.416 e. The van der Waals surface area contributed by atoms with Gasteiger partial charge in [-0.25, -0.2) is 9.97 Å². The Kier molecular flexibility index (Phi) is 5.29. The lowest BCUT2D eigenvalue weighted by atomic mass is 10.1. The van der Waals surface area contributed by atoms with Crippen molar-refractivity contribution >= 4 is 61.0 Å². The van der Waals surface area contributed by atoms with Gasteiger partial charge in [0, 0.05) is 11.3 Å². The summed E-state index contributed by atoms with van der Waals surface area (Å²) in [6.45, 7) is 3.92. The average Bonchev–Trinajstić information content (AvgIpc) is 3.36. The monoisotopic (exact) mass is 503 g/mol. The molecule has 0 aliphatic rings. The van der Waals surface area contributed by atoms with Gasteiger partial charge in [-0.05, 0) is 61.9 Å². The van der Waals surface area contributed by atoms with Crippen LogP contribution >= 0.6 is 22.9 Å². The SMILES string of the molecule is Cc1cc(Oc2ccc(Nc3nc4c(Cl)cc(C(F)(F)F)cc4[nH]3)cc2)c(C)c2sc(N)nc12. The number of fused-ring (bicyclic) bond motifs is 2. The smallest absolute Gasteiger partial charge is 0.416 e. The summed E-state index contributed by atoms with van der Waals surface area (Å²) in [5, 5.41) is 3.46. The number of thiazole rings is 1. The van der Waals surface area contributed by atoms with Gasteiger partial charge in [0.05, 0.1) is 26.3 Å². The molecule has 6 nitrogen and oxygen atoms in total. The first-order chi connectivity index (χ1) is 16.1. The van der Waals surface area contributed by atoms with Crippen LogP contribution in [0.2, 0.25) is 5.02 Å². The van der Waals surface area contributed by atoms with Crippen molar-refractivity contribution in [1.29, 1.82) is 0 Å². The van der Waals surface area contributed by atoms with Crippen LogP contribution in [-0.2, 0) is 6.18 Å². The van der Waals surface area contributed by atoms with Gasteiger partial charge in [-0.2, -0.15) is 13.2 Å². The molecule has 0 amide bonds. The molecule has 0 saturated heterocycles. The molecule has 5 aromatic rings. The van der Waals surface area contributed by atoms with E-state index in [-0.39, 0.29) is 22.0 Å². The van der Waals surface area contributed by atoms with Crippen LogP contribution < -0.4 is 15.8 Å². The van der Waals surface area contributed by atoms with Crippen LogP contribution in [0, 0.1) is 13.8 Å². The van der Waals surface area contributed by atoms with E-state index in [2.05, 4.69) is 20.3 Å². The van der Waals surface area contributed by atoms with Gasteiger partial charge in [0.1, 0.15) is 17.0 Å². The van der Waals surface area contributed by atoms with Crippen molar-refractivity contribution in [2.75, 3.05) is 11.1 Å². The maximum absolute atomic E-state index is 13.0. The van der Waals surface area contributed by atoms with Crippen LogP contribution in [0.1, 0.15) is 16.7 Å². The molecule has 2 aromatic heterocycles. The van der Waals surface area contributed by atoms with E-state index in [4.69, 9.17) is 22.1 Å². The van der Waals surface area contributed by atoms with Crippen molar-refractivity contribution in [2.24, 2.45) is 0 Å². The number of ether oxygens (including phenoxy) is 1. The average molecular weight is 504 g/mol. The second kappa shape index (κ2) is 8.07. The molecular formula is C23H17ClF3N5OS. The number of alkyl halides is 3. The van der Waals surface area contributed by atoms with Crippen molar-refractivity contribution in [3.05, 3.63) is 64.2 Å². The number of hydrogen-bond acceptors (Lipinski definition) is 6. The molecule has 4 N–H and O–H groups in total. The fraction of sp³-hybridized carbons (Fsp3) is 0.130. The topological polar surface area (TPSA) is 88.8 Å². The van der Waals surface area contributed by atoms with Gasteiger partial charge in [0.2, 0.25) is 5.95 Å². The van der Waals surface area contributed by atoms with Gasteiger partial charge in [0.15, 0.2) is 5.13 Å². The number of benzene rings is 3. The van der Waals surface area contributed by atoms with E-state index in [1.165, 1.54) is 11.3 Å². The number of rotatable bonds is 4. The summed E-state index contributed by atoms with van der Waals surface area (Å²) in [6, 6.07) is 10.9. The number of nitrogens with one attached hydrogen (secondary N) is 2. The third-order valence-corrected chi connectivity index (χ3v) is 6.58. The number of aromatic nitrogens is 3. The van der Waals surface area contributed by atoms with Crippen molar-refractivity contribution in [2.45, 2.75) is 20.0 Å². The Morgan fingerprint density at radius 1 is 1.06 bits per heavy atom. The summed E-state index contributed by atoms with van der Waals surface area (Å²) >= 11 is 7.43. The minimum atomic E-state index is -4.50. The Hall–Kier alpha value is -3.50. The fourth-order valence-corrected chi connectivity index (χ4v) is 4.78. The molecule has 0 bridgehead atoms. The Morgan fingerprint density at radius 3 is 2.50 bits per heavy atom. The molecule has 0 aliphatic heterocycles. The molecule has 0 aliphatic carbocycles. The molecule has 3 aromatic carbocycles. The van der Waals surface area contributed by atoms with Crippen molar-refractivity contribution < 1.29 is 17.9 Å². The van der Waals surface area contributed by atoms with Crippen LogP contribution in [0.5, 0.6) is 11.5 Å². The molecule has 2 heterocycles. The number of nitrogens with two attached hydrogens (primary N) is 1. The van der Waals surface area contributed by atoms with E-state index < -0.39 is 11.7 Å². The predicted molar refractivity (Wildman–Crippen MR) is 129 cm³/mol. The number of nitrogen functional groups attached to an aromatic ring is 1. The third kappa shape index (κ3) is 4.10. The maximum atomic E-state index is 13.0. The minimum absolute atomic E-state index is 0.0804. The molecule has 0 spiro atoms. The second-order valence-electron chi connectivity index (χ2n) is 7.74. The molecule has 5 rings (SSSR count). The Bertz CT molecular complexity index is 1540. The van der Waals surface area contributed by atoms with Crippen LogP contribution in [0.15, 0.2) is 42.5 Å². The van der Waals surface area contributed by atoms with E-state index in [1.54, 1.807) is 24.3 Å². The van der Waals surface area contributed by atoms with Crippen molar-refractivity contribution in [1.82, 2.24) is 15.0 Å². The zero-order chi connectivity index (χ0) is 24.2. The summed E-state index contributed by atoms with van der Waals surface area (Å²) in [7, 11) is 0. The number of nitrogens with zero attached hydrogens (tertiary/aromatic N) is 2. The van der Waals surface area contributed by atoms with E-state index >= 15 is 0 Å². The molecule has 0 radical (unpaired) electrons. The quantitative estimate of drug-likeness (QED) is 0.235.